The minimum atomic E-state index is -1.12. The van der Waals surface area contributed by atoms with Crippen LogP contribution >= 0.6 is 23.2 Å². The quantitative estimate of drug-likeness (QED) is 0.180. The lowest BCUT2D eigenvalue weighted by atomic mass is 9.93. The highest BCUT2D eigenvalue weighted by Gasteiger charge is 2.26. The second-order valence-electron chi connectivity index (χ2n) is 9.69. The van der Waals surface area contributed by atoms with Gasteiger partial charge >= 0.3 is 5.97 Å². The van der Waals surface area contributed by atoms with Crippen LogP contribution in [0.25, 0.3) is 0 Å². The molecule has 1 heterocycles. The number of hydrogen-bond donors (Lipinski definition) is 3. The number of carbonyl (C=O) groups is 3. The maximum absolute atomic E-state index is 12.6. The Labute approximate surface area is 251 Å². The van der Waals surface area contributed by atoms with E-state index < -0.39 is 11.9 Å². The van der Waals surface area contributed by atoms with Gasteiger partial charge in [-0.15, -0.1) is 0 Å². The van der Waals surface area contributed by atoms with E-state index in [0.29, 0.717) is 22.8 Å². The van der Waals surface area contributed by atoms with Crippen LogP contribution in [0.2, 0.25) is 10.0 Å². The van der Waals surface area contributed by atoms with Gasteiger partial charge in [0.2, 0.25) is 5.76 Å². The Kier molecular flexibility index (Phi) is 9.00. The molecule has 0 atom stereocenters. The van der Waals surface area contributed by atoms with Gasteiger partial charge in [0.05, 0.1) is 22.4 Å². The third kappa shape index (κ3) is 7.05. The van der Waals surface area contributed by atoms with Crippen LogP contribution in [-0.4, -0.2) is 35.0 Å². The predicted octanol–water partition coefficient (Wildman–Crippen LogP) is 7.45. The molecule has 9 nitrogen and oxygen atoms in total. The van der Waals surface area contributed by atoms with Crippen LogP contribution in [0.3, 0.4) is 0 Å². The molecule has 3 N–H and O–H groups in total. The number of carboxylic acid groups (broad SMARTS) is 1. The molecule has 2 amide bonds. The molecule has 1 saturated carbocycles. The van der Waals surface area contributed by atoms with Crippen LogP contribution in [0.1, 0.15) is 57.0 Å². The summed E-state index contributed by atoms with van der Waals surface area (Å²) < 4.78 is 17.2. The Hall–Kier alpha value is -4.47. The van der Waals surface area contributed by atoms with Crippen molar-refractivity contribution in [3.8, 4) is 17.2 Å². The standard InChI is InChI=1S/C31H26Cl2N2O7/c32-25-17-40-28(27(25)33)30(37)34-19-7-11-21(12-8-19)42-23-15-13-22(14-16-23)41-20-9-5-18(6-10-20)29(36)35-26-4-2-1-3-24(26)31(38)39/h1-6,9-10,13-17,19,21H,7-8,11-12H2,(H,34,37)(H,35,36)(H,38,39). The largest absolute Gasteiger partial charge is 0.490 e. The number of rotatable bonds is 9. The minimum absolute atomic E-state index is 0.00826. The molecule has 0 unspecified atom stereocenters. The van der Waals surface area contributed by atoms with Crippen molar-refractivity contribution < 1.29 is 33.4 Å². The summed E-state index contributed by atoms with van der Waals surface area (Å²) >= 11 is 11.9. The number of carboxylic acids is 1. The summed E-state index contributed by atoms with van der Waals surface area (Å²) in [5, 5.41) is 15.2. The Balaban J connectivity index is 1.09. The zero-order valence-corrected chi connectivity index (χ0v) is 23.7. The van der Waals surface area contributed by atoms with Gasteiger partial charge in [-0.25, -0.2) is 4.79 Å². The summed E-state index contributed by atoms with van der Waals surface area (Å²) in [6, 6.07) is 20.0. The van der Waals surface area contributed by atoms with E-state index in [1.54, 1.807) is 48.5 Å². The maximum Gasteiger partial charge on any atom is 0.337 e. The highest BCUT2D eigenvalue weighted by Crippen LogP contribution is 2.30. The molecule has 0 aliphatic heterocycles. The van der Waals surface area contributed by atoms with Crippen molar-refractivity contribution in [1.29, 1.82) is 0 Å². The van der Waals surface area contributed by atoms with E-state index in [-0.39, 0.29) is 45.1 Å². The van der Waals surface area contributed by atoms with Crippen molar-refractivity contribution in [2.24, 2.45) is 0 Å². The smallest absolute Gasteiger partial charge is 0.337 e. The molecule has 216 valence electrons. The van der Waals surface area contributed by atoms with Gasteiger partial charge in [0.25, 0.3) is 11.8 Å². The molecular formula is C31H26Cl2N2O7. The van der Waals surface area contributed by atoms with E-state index >= 15 is 0 Å². The number of para-hydroxylation sites is 1. The number of anilines is 1. The molecule has 4 aromatic rings. The molecular weight excluding hydrogens is 583 g/mol. The zero-order chi connectivity index (χ0) is 29.6. The number of furan rings is 1. The highest BCUT2D eigenvalue weighted by molar-refractivity contribution is 6.43. The molecule has 5 rings (SSSR count). The second-order valence-corrected chi connectivity index (χ2v) is 10.5. The summed E-state index contributed by atoms with van der Waals surface area (Å²) in [4.78, 5) is 36.4. The number of aromatic carboxylic acids is 1. The van der Waals surface area contributed by atoms with E-state index in [2.05, 4.69) is 10.6 Å². The summed E-state index contributed by atoms with van der Waals surface area (Å²) in [6.07, 6.45) is 4.32. The van der Waals surface area contributed by atoms with Gasteiger partial charge in [-0.2, -0.15) is 0 Å². The summed E-state index contributed by atoms with van der Waals surface area (Å²) in [7, 11) is 0. The van der Waals surface area contributed by atoms with Crippen LogP contribution < -0.4 is 20.1 Å². The van der Waals surface area contributed by atoms with Gasteiger partial charge in [-0.1, -0.05) is 35.3 Å². The van der Waals surface area contributed by atoms with E-state index in [0.717, 1.165) is 25.7 Å². The molecule has 42 heavy (non-hydrogen) atoms. The van der Waals surface area contributed by atoms with Crippen LogP contribution in [0, 0.1) is 0 Å². The molecule has 0 saturated heterocycles. The van der Waals surface area contributed by atoms with E-state index in [4.69, 9.17) is 37.1 Å². The van der Waals surface area contributed by atoms with E-state index in [1.165, 1.54) is 18.4 Å². The lowest BCUT2D eigenvalue weighted by Crippen LogP contribution is -2.39. The first kappa shape index (κ1) is 29.0. The fourth-order valence-electron chi connectivity index (χ4n) is 4.61. The number of halogens is 2. The summed E-state index contributed by atoms with van der Waals surface area (Å²) in [5.74, 6) is -0.0830. The van der Waals surface area contributed by atoms with Crippen molar-refractivity contribution in [2.75, 3.05) is 5.32 Å². The lowest BCUT2D eigenvalue weighted by Gasteiger charge is -2.29. The summed E-state index contributed by atoms with van der Waals surface area (Å²) in [6.45, 7) is 0. The fourth-order valence-corrected chi connectivity index (χ4v) is 4.92. The van der Waals surface area contributed by atoms with Crippen LogP contribution in [0.5, 0.6) is 17.2 Å². The Bertz CT molecular complexity index is 1580. The van der Waals surface area contributed by atoms with E-state index in [9.17, 15) is 19.5 Å². The van der Waals surface area contributed by atoms with Crippen molar-refractivity contribution in [1.82, 2.24) is 5.32 Å². The first-order chi connectivity index (χ1) is 20.3. The maximum atomic E-state index is 12.6. The Morgan fingerprint density at radius 2 is 1.43 bits per heavy atom. The van der Waals surface area contributed by atoms with Crippen LogP contribution in [-0.2, 0) is 0 Å². The average Bonchev–Trinajstić information content (AvgIpc) is 3.33. The molecule has 0 spiro atoms. The molecule has 0 radical (unpaired) electrons. The first-order valence-electron chi connectivity index (χ1n) is 13.2. The number of ether oxygens (including phenoxy) is 2. The third-order valence-electron chi connectivity index (χ3n) is 6.79. The predicted molar refractivity (Wildman–Crippen MR) is 157 cm³/mol. The minimum Gasteiger partial charge on any atom is -0.490 e. The SMILES string of the molecule is O=C(Nc1ccccc1C(=O)O)c1ccc(Oc2ccc(OC3CCC(NC(=O)c4occ(Cl)c4Cl)CC3)cc2)cc1. The molecule has 1 aliphatic carbocycles. The Morgan fingerprint density at radius 1 is 0.810 bits per heavy atom. The van der Waals surface area contributed by atoms with Gasteiger partial charge in [0.15, 0.2) is 0 Å². The van der Waals surface area contributed by atoms with Crippen LogP contribution in [0.4, 0.5) is 5.69 Å². The molecule has 1 aliphatic rings. The number of nitrogens with one attached hydrogen (secondary N) is 2. The third-order valence-corrected chi connectivity index (χ3v) is 7.54. The second kappa shape index (κ2) is 13.0. The molecule has 3 aromatic carbocycles. The lowest BCUT2D eigenvalue weighted by molar-refractivity contribution is 0.0697. The van der Waals surface area contributed by atoms with Crippen molar-refractivity contribution >= 4 is 46.7 Å². The number of hydrogen-bond acceptors (Lipinski definition) is 6. The van der Waals surface area contributed by atoms with Gasteiger partial charge in [-0.05, 0) is 86.3 Å². The van der Waals surface area contributed by atoms with Gasteiger partial charge in [-0.3, -0.25) is 9.59 Å². The topological polar surface area (TPSA) is 127 Å². The number of carbonyl (C=O) groups excluding carboxylic acids is 2. The monoisotopic (exact) mass is 608 g/mol. The Morgan fingerprint density at radius 3 is 2.05 bits per heavy atom. The molecule has 11 heteroatoms. The zero-order valence-electron chi connectivity index (χ0n) is 22.1. The van der Waals surface area contributed by atoms with Crippen molar-refractivity contribution in [3.05, 3.63) is 106 Å². The normalized spacial score (nSPS) is 16.3. The first-order valence-corrected chi connectivity index (χ1v) is 13.9. The average molecular weight is 609 g/mol. The van der Waals surface area contributed by atoms with Crippen LogP contribution in [0.15, 0.2) is 83.5 Å². The van der Waals surface area contributed by atoms with Crippen molar-refractivity contribution in [3.63, 3.8) is 0 Å². The molecule has 1 aromatic heterocycles. The van der Waals surface area contributed by atoms with E-state index in [1.807, 2.05) is 12.1 Å². The summed E-state index contributed by atoms with van der Waals surface area (Å²) in [5.41, 5.74) is 0.589. The van der Waals surface area contributed by atoms with Gasteiger partial charge < -0.3 is 29.6 Å². The fraction of sp³-hybridized carbons (Fsp3) is 0.194. The number of benzene rings is 3. The molecule has 0 bridgehead atoms. The molecule has 1 fully saturated rings. The number of amides is 2. The van der Waals surface area contributed by atoms with Gasteiger partial charge in [0.1, 0.15) is 28.5 Å². The van der Waals surface area contributed by atoms with Gasteiger partial charge in [0, 0.05) is 11.6 Å². The highest BCUT2D eigenvalue weighted by atomic mass is 35.5. The van der Waals surface area contributed by atoms with Crippen molar-refractivity contribution in [2.45, 2.75) is 37.8 Å².